The molecule has 2 amide bonds. The van der Waals surface area contributed by atoms with E-state index >= 15 is 0 Å². The number of hydrogen-bond donors (Lipinski definition) is 2. The van der Waals surface area contributed by atoms with E-state index in [-0.39, 0.29) is 17.8 Å². The molecule has 12 heteroatoms. The second-order valence-electron chi connectivity index (χ2n) is 8.42. The molecule has 0 radical (unpaired) electrons. The Hall–Kier alpha value is -3.81. The number of rotatable bonds is 10. The number of carbonyl (C=O) groups excluding carboxylic acids is 1. The molecule has 7 nitrogen and oxygen atoms in total. The van der Waals surface area contributed by atoms with E-state index in [1.54, 1.807) is 18.3 Å². The quantitative estimate of drug-likeness (QED) is 0.119. The van der Waals surface area contributed by atoms with Crippen LogP contribution >= 0.6 is 22.6 Å². The largest absolute Gasteiger partial charge is 0.461 e. The van der Waals surface area contributed by atoms with Crippen molar-refractivity contribution in [3.8, 4) is 5.75 Å². The summed E-state index contributed by atoms with van der Waals surface area (Å²) in [6.07, 6.45) is -4.24. The van der Waals surface area contributed by atoms with Crippen LogP contribution in [0.15, 0.2) is 91.5 Å². The van der Waals surface area contributed by atoms with Gasteiger partial charge in [-0.05, 0) is 41.0 Å². The fourth-order valence-electron chi connectivity index (χ4n) is 3.91. The fourth-order valence-corrected chi connectivity index (χ4v) is 4.36. The molecule has 2 N–H and O–H groups in total. The molecule has 202 valence electrons. The monoisotopic (exact) mass is 651 g/mol. The van der Waals surface area contributed by atoms with Gasteiger partial charge in [0, 0.05) is 23.2 Å². The molecule has 2 aromatic carbocycles. The van der Waals surface area contributed by atoms with Gasteiger partial charge in [0.25, 0.3) is 0 Å². The van der Waals surface area contributed by atoms with Gasteiger partial charge in [-0.3, -0.25) is 10.3 Å². The lowest BCUT2D eigenvalue weighted by molar-refractivity contribution is -0.253. The molecule has 0 unspecified atom stereocenters. The van der Waals surface area contributed by atoms with E-state index in [0.717, 1.165) is 17.2 Å². The van der Waals surface area contributed by atoms with E-state index in [2.05, 4.69) is 52.9 Å². The maximum absolute atomic E-state index is 13.8. The molecule has 1 atom stereocenters. The van der Waals surface area contributed by atoms with Crippen LogP contribution in [-0.2, 0) is 16.4 Å². The Balaban J connectivity index is 1.85. The fraction of sp³-hybridized carbons (Fsp3) is 0.185. The molecule has 4 aromatic rings. The van der Waals surface area contributed by atoms with Crippen molar-refractivity contribution in [2.75, 3.05) is 5.32 Å². The van der Waals surface area contributed by atoms with Gasteiger partial charge in [-0.25, -0.2) is 14.8 Å². The molecule has 0 aliphatic rings. The van der Waals surface area contributed by atoms with E-state index < -0.39 is 29.9 Å². The molecule has 0 saturated carbocycles. The Morgan fingerprint density at radius 1 is 0.974 bits per heavy atom. The van der Waals surface area contributed by atoms with E-state index in [9.17, 15) is 22.4 Å². The van der Waals surface area contributed by atoms with Crippen molar-refractivity contribution in [2.24, 2.45) is 0 Å². The number of amides is 2. The SMILES string of the molecule is O=C(Nc1ccncn1)N[C@@](Cc1ccccc1)(c1cccc(OC(F)(F)C(F)F)c1)c1ccc(CI)cn1. The van der Waals surface area contributed by atoms with Crippen LogP contribution in [0.5, 0.6) is 5.75 Å². The van der Waals surface area contributed by atoms with Crippen LogP contribution in [0.25, 0.3) is 0 Å². The molecule has 0 aliphatic carbocycles. The average molecular weight is 651 g/mol. The predicted molar refractivity (Wildman–Crippen MR) is 145 cm³/mol. The topological polar surface area (TPSA) is 89.0 Å². The molecule has 0 bridgehead atoms. The summed E-state index contributed by atoms with van der Waals surface area (Å²) >= 11 is 2.19. The van der Waals surface area contributed by atoms with Gasteiger partial charge in [-0.15, -0.1) is 0 Å². The molecule has 0 fully saturated rings. The lowest BCUT2D eigenvalue weighted by Crippen LogP contribution is -2.50. The first-order valence-electron chi connectivity index (χ1n) is 11.6. The van der Waals surface area contributed by atoms with Gasteiger partial charge in [0.1, 0.15) is 23.4 Å². The van der Waals surface area contributed by atoms with Crippen LogP contribution in [0.3, 0.4) is 0 Å². The summed E-state index contributed by atoms with van der Waals surface area (Å²) in [5.74, 6) is -0.282. The highest BCUT2D eigenvalue weighted by molar-refractivity contribution is 14.1. The second-order valence-corrected chi connectivity index (χ2v) is 9.18. The van der Waals surface area contributed by atoms with Crippen molar-refractivity contribution >= 4 is 34.4 Å². The van der Waals surface area contributed by atoms with Crippen LogP contribution in [-0.4, -0.2) is 33.5 Å². The minimum atomic E-state index is -4.71. The maximum atomic E-state index is 13.8. The summed E-state index contributed by atoms with van der Waals surface area (Å²) in [5.41, 5.74) is 0.926. The lowest BCUT2D eigenvalue weighted by Gasteiger charge is -2.35. The van der Waals surface area contributed by atoms with Crippen molar-refractivity contribution < 1.29 is 27.1 Å². The third-order valence-corrected chi connectivity index (χ3v) is 6.59. The lowest BCUT2D eigenvalue weighted by atomic mass is 9.80. The van der Waals surface area contributed by atoms with Crippen molar-refractivity contribution in [1.82, 2.24) is 20.3 Å². The summed E-state index contributed by atoms with van der Waals surface area (Å²) in [7, 11) is 0. The highest BCUT2D eigenvalue weighted by Crippen LogP contribution is 2.36. The Morgan fingerprint density at radius 2 is 1.77 bits per heavy atom. The highest BCUT2D eigenvalue weighted by atomic mass is 127. The summed E-state index contributed by atoms with van der Waals surface area (Å²) in [6.45, 7) is 0. The first kappa shape index (κ1) is 28.2. The number of anilines is 1. The van der Waals surface area contributed by atoms with Crippen molar-refractivity contribution in [1.29, 1.82) is 0 Å². The van der Waals surface area contributed by atoms with Crippen molar-refractivity contribution in [2.45, 2.75) is 28.9 Å². The smallest absolute Gasteiger partial charge is 0.428 e. The van der Waals surface area contributed by atoms with Gasteiger partial charge in [0.2, 0.25) is 0 Å². The van der Waals surface area contributed by atoms with E-state index in [1.165, 1.54) is 30.7 Å². The zero-order valence-electron chi connectivity index (χ0n) is 20.2. The predicted octanol–water partition coefficient (Wildman–Crippen LogP) is 6.35. The number of nitrogens with zero attached hydrogens (tertiary/aromatic N) is 3. The number of halogens is 5. The highest BCUT2D eigenvalue weighted by Gasteiger charge is 2.44. The van der Waals surface area contributed by atoms with E-state index in [0.29, 0.717) is 10.1 Å². The number of urea groups is 1. The zero-order valence-corrected chi connectivity index (χ0v) is 22.4. The van der Waals surface area contributed by atoms with Gasteiger partial charge in [-0.1, -0.05) is 71.1 Å². The Kier molecular flexibility index (Phi) is 8.94. The van der Waals surface area contributed by atoms with Crippen LogP contribution in [0.1, 0.15) is 22.4 Å². The first-order chi connectivity index (χ1) is 18.7. The molecule has 0 saturated heterocycles. The molecule has 4 rings (SSSR count). The van der Waals surface area contributed by atoms with Crippen LogP contribution in [0.2, 0.25) is 0 Å². The van der Waals surface area contributed by atoms with E-state index in [4.69, 9.17) is 0 Å². The number of benzene rings is 2. The second kappa shape index (κ2) is 12.4. The standard InChI is InChI=1S/C27H22F4IN5O2/c28-24(29)27(30,31)39-21-8-4-7-20(13-21)26(14-18-5-2-1-3-6-18,22-10-9-19(15-32)16-34-22)37-25(38)36-23-11-12-33-17-35-23/h1-13,16-17,24H,14-15H2,(H2,33,35,36,37,38)/t26-/m0/s1. The number of carbonyl (C=O) groups is 1. The molecule has 0 aliphatic heterocycles. The van der Waals surface area contributed by atoms with Crippen molar-refractivity contribution in [3.05, 3.63) is 114 Å². The molecule has 2 heterocycles. The van der Waals surface area contributed by atoms with Crippen LogP contribution in [0, 0.1) is 0 Å². The number of alkyl halides is 5. The van der Waals surface area contributed by atoms with Gasteiger partial charge >= 0.3 is 18.6 Å². The summed E-state index contributed by atoms with van der Waals surface area (Å²) in [5, 5.41) is 5.58. The molecule has 0 spiro atoms. The summed E-state index contributed by atoms with van der Waals surface area (Å²) < 4.78 is 58.4. The Labute approximate surface area is 235 Å². The number of hydrogen-bond acceptors (Lipinski definition) is 5. The van der Waals surface area contributed by atoms with E-state index in [1.807, 2.05) is 36.4 Å². The number of ether oxygens (including phenoxy) is 1. The summed E-state index contributed by atoms with van der Waals surface area (Å²) in [6, 6.07) is 18.8. The molecule has 39 heavy (non-hydrogen) atoms. The summed E-state index contributed by atoms with van der Waals surface area (Å²) in [4.78, 5) is 25.8. The molecule has 2 aromatic heterocycles. The number of pyridine rings is 1. The van der Waals surface area contributed by atoms with Crippen molar-refractivity contribution in [3.63, 3.8) is 0 Å². The third kappa shape index (κ3) is 6.99. The van der Waals surface area contributed by atoms with Gasteiger partial charge < -0.3 is 10.1 Å². The molecular formula is C27H22F4IN5O2. The first-order valence-corrected chi connectivity index (χ1v) is 13.1. The number of nitrogens with one attached hydrogen (secondary N) is 2. The minimum absolute atomic E-state index is 0.135. The average Bonchev–Trinajstić information content (AvgIpc) is 2.93. The van der Waals surface area contributed by atoms with Gasteiger partial charge in [0.05, 0.1) is 5.69 Å². The zero-order chi connectivity index (χ0) is 27.9. The Bertz CT molecular complexity index is 1380. The minimum Gasteiger partial charge on any atom is -0.428 e. The van der Waals surface area contributed by atoms with Gasteiger partial charge in [0.15, 0.2) is 0 Å². The molecular weight excluding hydrogens is 629 g/mol. The number of aromatic nitrogens is 3. The van der Waals surface area contributed by atoms with Gasteiger partial charge in [-0.2, -0.15) is 17.6 Å². The maximum Gasteiger partial charge on any atom is 0.461 e. The normalized spacial score (nSPS) is 13.0. The van der Waals surface area contributed by atoms with Crippen LogP contribution < -0.4 is 15.4 Å². The van der Waals surface area contributed by atoms with Crippen LogP contribution in [0.4, 0.5) is 28.2 Å². The Morgan fingerprint density at radius 3 is 2.41 bits per heavy atom. The third-order valence-electron chi connectivity index (χ3n) is 5.71.